The summed E-state index contributed by atoms with van der Waals surface area (Å²) in [6.45, 7) is 4.04. The predicted molar refractivity (Wildman–Crippen MR) is 73.2 cm³/mol. The van der Waals surface area contributed by atoms with Gasteiger partial charge in [-0.1, -0.05) is 49.4 Å². The Labute approximate surface area is 124 Å². The van der Waals surface area contributed by atoms with Crippen molar-refractivity contribution in [2.24, 2.45) is 0 Å². The molecule has 0 bridgehead atoms. The zero-order valence-electron chi connectivity index (χ0n) is 10.9. The fraction of sp³-hybridized carbons (Fsp3) is 0.267. The molecule has 0 heterocycles. The van der Waals surface area contributed by atoms with Gasteiger partial charge < -0.3 is 22.5 Å². The summed E-state index contributed by atoms with van der Waals surface area (Å²) in [5.74, 6) is 0. The second kappa shape index (κ2) is 7.85. The zero-order valence-corrected chi connectivity index (χ0v) is 12.5. The summed E-state index contributed by atoms with van der Waals surface area (Å²) in [6, 6.07) is 10.7. The van der Waals surface area contributed by atoms with Crippen LogP contribution in [-0.4, -0.2) is 28.0 Å². The van der Waals surface area contributed by atoms with E-state index < -0.39 is 0 Å². The molecule has 1 aliphatic rings. The number of hydrogen-bond donors (Lipinski definition) is 0. The highest BCUT2D eigenvalue weighted by Crippen LogP contribution is 2.12. The minimum absolute atomic E-state index is 0. The molecular weight excluding hydrogens is 302 g/mol. The molecule has 4 heteroatoms. The van der Waals surface area contributed by atoms with E-state index in [2.05, 4.69) is 53.0 Å². The van der Waals surface area contributed by atoms with Crippen molar-refractivity contribution in [1.82, 2.24) is 4.90 Å². The molecule has 0 saturated heterocycles. The normalized spacial score (nSPS) is 17.2. The van der Waals surface area contributed by atoms with E-state index in [-0.39, 0.29) is 23.0 Å². The summed E-state index contributed by atoms with van der Waals surface area (Å²) in [5, 5.41) is 0. The molecule has 2 rings (SSSR count). The lowest BCUT2D eigenvalue weighted by Gasteiger charge is -2.27. The molecule has 100 valence electrons. The first-order chi connectivity index (χ1) is 8.83. The van der Waals surface area contributed by atoms with Crippen molar-refractivity contribution in [3.63, 3.8) is 0 Å². The molecule has 1 aromatic carbocycles. The largest absolute Gasteiger partial charge is 1.00 e. The van der Waals surface area contributed by atoms with Gasteiger partial charge in [0.1, 0.15) is 0 Å². The number of halogens is 1. The fourth-order valence-corrected chi connectivity index (χ4v) is 2.07. The standard InChI is InChI=1S/C15H17N3.BrH/c1-2-18(12-13-6-4-3-5-7-13)15-10-8-14(17-16)9-11-15;/h3-11,15H,2,12H2,1H3;1H/p-1. The Hall–Kier alpha value is -1.48. The first-order valence-corrected chi connectivity index (χ1v) is 6.20. The smallest absolute Gasteiger partial charge is 0.314 e. The van der Waals surface area contributed by atoms with Crippen molar-refractivity contribution in [2.75, 3.05) is 6.54 Å². The topological polar surface area (TPSA) is 39.6 Å². The monoisotopic (exact) mass is 318 g/mol. The van der Waals surface area contributed by atoms with Crippen molar-refractivity contribution >= 4 is 5.71 Å². The van der Waals surface area contributed by atoms with Crippen molar-refractivity contribution < 1.29 is 21.8 Å². The molecule has 0 unspecified atom stereocenters. The lowest BCUT2D eigenvalue weighted by molar-refractivity contribution is -0.00198. The summed E-state index contributed by atoms with van der Waals surface area (Å²) in [4.78, 5) is 5.53. The van der Waals surface area contributed by atoms with Crippen LogP contribution < -0.4 is 17.0 Å². The predicted octanol–water partition coefficient (Wildman–Crippen LogP) is -0.322. The Kier molecular flexibility index (Phi) is 6.43. The maximum Gasteiger partial charge on any atom is 0.314 e. The molecule has 0 aliphatic heterocycles. The molecule has 0 saturated carbocycles. The van der Waals surface area contributed by atoms with Gasteiger partial charge in [0.15, 0.2) is 0 Å². The molecule has 0 radical (unpaired) electrons. The van der Waals surface area contributed by atoms with Crippen molar-refractivity contribution in [3.05, 3.63) is 65.7 Å². The highest BCUT2D eigenvalue weighted by molar-refractivity contribution is 6.00. The van der Waals surface area contributed by atoms with E-state index in [1.807, 2.05) is 18.2 Å². The van der Waals surface area contributed by atoms with Gasteiger partial charge in [-0.15, -0.1) is 0 Å². The average Bonchev–Trinajstić information content (AvgIpc) is 2.46. The average molecular weight is 319 g/mol. The van der Waals surface area contributed by atoms with Crippen LogP contribution in [0.1, 0.15) is 12.5 Å². The molecule has 0 fully saturated rings. The number of nitrogens with zero attached hydrogens (tertiary/aromatic N) is 3. The van der Waals surface area contributed by atoms with Crippen molar-refractivity contribution in [3.8, 4) is 0 Å². The summed E-state index contributed by atoms with van der Waals surface area (Å²) in [5.41, 5.74) is 10.6. The van der Waals surface area contributed by atoms with Gasteiger partial charge in [0, 0.05) is 24.7 Å². The van der Waals surface area contributed by atoms with Gasteiger partial charge in [-0.25, -0.2) is 0 Å². The summed E-state index contributed by atoms with van der Waals surface area (Å²) in [7, 11) is 0. The number of benzene rings is 1. The number of hydrogen-bond acceptors (Lipinski definition) is 1. The molecule has 1 aliphatic carbocycles. The van der Waals surface area contributed by atoms with Gasteiger partial charge in [-0.05, 0) is 12.1 Å². The molecule has 0 aromatic heterocycles. The van der Waals surface area contributed by atoms with E-state index in [1.165, 1.54) is 5.56 Å². The van der Waals surface area contributed by atoms with Crippen LogP contribution in [0.15, 0.2) is 54.6 Å². The Balaban J connectivity index is 0.00000180. The second-order valence-corrected chi connectivity index (χ2v) is 4.28. The molecule has 0 amide bonds. The Morgan fingerprint density at radius 2 is 1.79 bits per heavy atom. The van der Waals surface area contributed by atoms with Crippen LogP contribution in [-0.2, 0) is 6.54 Å². The van der Waals surface area contributed by atoms with Crippen LogP contribution in [0.4, 0.5) is 0 Å². The van der Waals surface area contributed by atoms with E-state index in [1.54, 1.807) is 0 Å². The van der Waals surface area contributed by atoms with Gasteiger partial charge >= 0.3 is 5.71 Å². The molecular formula is C15H17BrN3-. The minimum Gasteiger partial charge on any atom is -1.00 e. The third kappa shape index (κ3) is 4.28. The number of rotatable bonds is 4. The van der Waals surface area contributed by atoms with E-state index >= 15 is 0 Å². The van der Waals surface area contributed by atoms with Gasteiger partial charge in [0.25, 0.3) is 0 Å². The highest BCUT2D eigenvalue weighted by atomic mass is 79.9. The molecule has 0 atom stereocenters. The Bertz CT molecular complexity index is 485. The molecule has 3 nitrogen and oxygen atoms in total. The highest BCUT2D eigenvalue weighted by Gasteiger charge is 2.16. The summed E-state index contributed by atoms with van der Waals surface area (Å²) in [6.07, 6.45) is 7.81. The number of likely N-dealkylation sites (N-methyl/N-ethyl adjacent to an activating group) is 1. The van der Waals surface area contributed by atoms with Crippen LogP contribution in [0.5, 0.6) is 0 Å². The third-order valence-electron chi connectivity index (χ3n) is 3.10. The first kappa shape index (κ1) is 15.6. The zero-order chi connectivity index (χ0) is 12.8. The quantitative estimate of drug-likeness (QED) is 0.554. The Morgan fingerprint density at radius 1 is 1.16 bits per heavy atom. The maximum atomic E-state index is 8.68. The third-order valence-corrected chi connectivity index (χ3v) is 3.10. The van der Waals surface area contributed by atoms with E-state index in [4.69, 9.17) is 5.53 Å². The van der Waals surface area contributed by atoms with Crippen LogP contribution >= 0.6 is 0 Å². The van der Waals surface area contributed by atoms with Crippen LogP contribution in [0.25, 0.3) is 5.53 Å². The van der Waals surface area contributed by atoms with Crippen LogP contribution in [0.2, 0.25) is 0 Å². The fourth-order valence-electron chi connectivity index (χ4n) is 2.07. The molecule has 19 heavy (non-hydrogen) atoms. The summed E-state index contributed by atoms with van der Waals surface area (Å²) < 4.78 is 0. The molecule has 1 aromatic rings. The lowest BCUT2D eigenvalue weighted by Crippen LogP contribution is -3.00. The SMILES string of the molecule is CCN(Cc1ccccc1)C1C=CC(=[N+]=[N-])C=C1.[Br-]. The first-order valence-electron chi connectivity index (χ1n) is 6.20. The number of allylic oxidation sites excluding steroid dienone is 2. The van der Waals surface area contributed by atoms with Gasteiger partial charge in [0.05, 0.1) is 0 Å². The summed E-state index contributed by atoms with van der Waals surface area (Å²) >= 11 is 0. The second-order valence-electron chi connectivity index (χ2n) is 4.28. The van der Waals surface area contributed by atoms with Gasteiger partial charge in [-0.2, -0.15) is 4.79 Å². The van der Waals surface area contributed by atoms with Crippen molar-refractivity contribution in [1.29, 1.82) is 0 Å². The van der Waals surface area contributed by atoms with Gasteiger partial charge in [-0.3, -0.25) is 4.90 Å². The molecule has 0 N–H and O–H groups in total. The van der Waals surface area contributed by atoms with E-state index in [9.17, 15) is 0 Å². The maximum absolute atomic E-state index is 8.68. The van der Waals surface area contributed by atoms with E-state index in [0.29, 0.717) is 5.71 Å². The van der Waals surface area contributed by atoms with E-state index in [0.717, 1.165) is 13.1 Å². The molecule has 0 spiro atoms. The van der Waals surface area contributed by atoms with Gasteiger partial charge in [0.2, 0.25) is 0 Å². The van der Waals surface area contributed by atoms with Crippen LogP contribution in [0, 0.1) is 0 Å². The van der Waals surface area contributed by atoms with Crippen molar-refractivity contribution in [2.45, 2.75) is 19.5 Å². The van der Waals surface area contributed by atoms with Crippen LogP contribution in [0.3, 0.4) is 0 Å². The lowest BCUT2D eigenvalue weighted by atomic mass is 10.1. The minimum atomic E-state index is 0. The Morgan fingerprint density at radius 3 is 2.32 bits per heavy atom.